The Morgan fingerprint density at radius 2 is 1.71 bits per heavy atom. The molecule has 1 fully saturated rings. The van der Waals surface area contributed by atoms with Crippen LogP contribution in [0.25, 0.3) is 0 Å². The standard InChI is InChI=1S/C19H21F2N5O4S/c1-12-3-5-14(6-4-12)31(29,30)11-19(7-2-8-19)24-18-22-9-13(10-23-18)16(27)25-26-17(28)15(20)21/h3-6,9-10,15H,2,7-8,11H2,1H3,(H,25,27)(H,26,28)(H,22,23,24). The number of nitrogens with one attached hydrogen (secondary N) is 3. The van der Waals surface area contributed by atoms with E-state index in [0.29, 0.717) is 12.8 Å². The van der Waals surface area contributed by atoms with Gasteiger partial charge >= 0.3 is 12.3 Å². The number of alkyl halides is 2. The molecule has 12 heteroatoms. The highest BCUT2D eigenvalue weighted by Gasteiger charge is 2.42. The molecule has 1 saturated carbocycles. The summed E-state index contributed by atoms with van der Waals surface area (Å²) < 4.78 is 49.9. The molecule has 3 N–H and O–H groups in total. The van der Waals surface area contributed by atoms with Crippen molar-refractivity contribution in [2.24, 2.45) is 0 Å². The third-order valence-electron chi connectivity index (χ3n) is 4.95. The minimum Gasteiger partial charge on any atom is -0.348 e. The Balaban J connectivity index is 1.66. The van der Waals surface area contributed by atoms with E-state index in [1.807, 2.05) is 12.3 Å². The highest BCUT2D eigenvalue weighted by Crippen LogP contribution is 2.37. The van der Waals surface area contributed by atoms with Gasteiger partial charge in [0.25, 0.3) is 5.91 Å². The van der Waals surface area contributed by atoms with E-state index in [2.05, 4.69) is 15.3 Å². The van der Waals surface area contributed by atoms with E-state index >= 15 is 0 Å². The molecule has 1 aliphatic rings. The van der Waals surface area contributed by atoms with Gasteiger partial charge in [0, 0.05) is 12.4 Å². The zero-order chi connectivity index (χ0) is 22.6. The summed E-state index contributed by atoms with van der Waals surface area (Å²) in [6.45, 7) is 1.87. The van der Waals surface area contributed by atoms with Gasteiger partial charge < -0.3 is 5.32 Å². The molecule has 1 aromatic heterocycles. The second-order valence-electron chi connectivity index (χ2n) is 7.37. The van der Waals surface area contributed by atoms with E-state index in [1.54, 1.807) is 29.7 Å². The molecule has 1 aliphatic carbocycles. The number of aromatic nitrogens is 2. The number of hydrogen-bond acceptors (Lipinski definition) is 7. The number of nitrogens with zero attached hydrogens (tertiary/aromatic N) is 2. The lowest BCUT2D eigenvalue weighted by Crippen LogP contribution is -2.51. The van der Waals surface area contributed by atoms with Crippen molar-refractivity contribution < 1.29 is 26.8 Å². The first kappa shape index (κ1) is 22.5. The smallest absolute Gasteiger partial charge is 0.317 e. The average molecular weight is 453 g/mol. The van der Waals surface area contributed by atoms with E-state index in [-0.39, 0.29) is 22.2 Å². The predicted octanol–water partition coefficient (Wildman–Crippen LogP) is 1.62. The van der Waals surface area contributed by atoms with Gasteiger partial charge in [-0.25, -0.2) is 18.4 Å². The number of rotatable bonds is 7. The van der Waals surface area contributed by atoms with Crippen LogP contribution in [0.2, 0.25) is 0 Å². The number of hydrazine groups is 1. The maximum atomic E-state index is 12.8. The lowest BCUT2D eigenvalue weighted by Gasteiger charge is -2.42. The van der Waals surface area contributed by atoms with Gasteiger partial charge in [-0.2, -0.15) is 8.78 Å². The number of aryl methyl sites for hydroxylation is 1. The van der Waals surface area contributed by atoms with Crippen molar-refractivity contribution in [1.82, 2.24) is 20.8 Å². The van der Waals surface area contributed by atoms with Crippen LogP contribution in [0.1, 0.15) is 35.2 Å². The molecule has 2 aromatic rings. The number of benzene rings is 1. The van der Waals surface area contributed by atoms with Crippen LogP contribution < -0.4 is 16.2 Å². The summed E-state index contributed by atoms with van der Waals surface area (Å²) in [5.74, 6) is -2.52. The molecular weight excluding hydrogens is 432 g/mol. The molecule has 9 nitrogen and oxygen atoms in total. The van der Waals surface area contributed by atoms with Gasteiger partial charge in [0.15, 0.2) is 9.84 Å². The number of halogens is 2. The minimum atomic E-state index is -3.54. The van der Waals surface area contributed by atoms with Crippen LogP contribution in [0.5, 0.6) is 0 Å². The quantitative estimate of drug-likeness (QED) is 0.543. The van der Waals surface area contributed by atoms with Crippen LogP contribution in [0.15, 0.2) is 41.6 Å². The number of sulfone groups is 1. The van der Waals surface area contributed by atoms with Gasteiger partial charge in [-0.3, -0.25) is 20.4 Å². The van der Waals surface area contributed by atoms with E-state index < -0.39 is 33.6 Å². The number of carbonyl (C=O) groups excluding carboxylic acids is 2. The monoisotopic (exact) mass is 453 g/mol. The molecule has 1 aromatic carbocycles. The number of anilines is 1. The van der Waals surface area contributed by atoms with E-state index in [9.17, 15) is 26.8 Å². The highest BCUT2D eigenvalue weighted by molar-refractivity contribution is 7.91. The first-order chi connectivity index (χ1) is 14.6. The van der Waals surface area contributed by atoms with Crippen LogP contribution in [-0.4, -0.2) is 47.9 Å². The zero-order valence-corrected chi connectivity index (χ0v) is 17.4. The van der Waals surface area contributed by atoms with Crippen LogP contribution in [-0.2, 0) is 14.6 Å². The predicted molar refractivity (Wildman–Crippen MR) is 107 cm³/mol. The van der Waals surface area contributed by atoms with Crippen molar-refractivity contribution in [2.75, 3.05) is 11.1 Å². The van der Waals surface area contributed by atoms with Crippen LogP contribution >= 0.6 is 0 Å². The molecule has 0 atom stereocenters. The molecule has 0 radical (unpaired) electrons. The van der Waals surface area contributed by atoms with Gasteiger partial charge in [0.1, 0.15) is 0 Å². The van der Waals surface area contributed by atoms with Crippen molar-refractivity contribution in [3.8, 4) is 0 Å². The Kier molecular flexibility index (Phi) is 6.48. The molecule has 31 heavy (non-hydrogen) atoms. The lowest BCUT2D eigenvalue weighted by molar-refractivity contribution is -0.132. The minimum absolute atomic E-state index is 0.0740. The Hall–Kier alpha value is -3.15. The first-order valence-corrected chi connectivity index (χ1v) is 11.0. The molecule has 2 amide bonds. The van der Waals surface area contributed by atoms with Crippen molar-refractivity contribution in [1.29, 1.82) is 0 Å². The summed E-state index contributed by atoms with van der Waals surface area (Å²) in [6.07, 6.45) is 1.09. The van der Waals surface area contributed by atoms with Gasteiger partial charge in [0.2, 0.25) is 5.95 Å². The molecule has 166 valence electrons. The normalized spacial score (nSPS) is 15.1. The fraction of sp³-hybridized carbons (Fsp3) is 0.368. The summed E-state index contributed by atoms with van der Waals surface area (Å²) in [4.78, 5) is 30.9. The zero-order valence-electron chi connectivity index (χ0n) is 16.6. The van der Waals surface area contributed by atoms with Gasteiger partial charge in [-0.05, 0) is 38.3 Å². The first-order valence-electron chi connectivity index (χ1n) is 9.38. The van der Waals surface area contributed by atoms with Gasteiger partial charge in [-0.15, -0.1) is 0 Å². The maximum absolute atomic E-state index is 12.8. The van der Waals surface area contributed by atoms with E-state index in [4.69, 9.17) is 0 Å². The Morgan fingerprint density at radius 3 is 2.23 bits per heavy atom. The van der Waals surface area contributed by atoms with Crippen LogP contribution in [0, 0.1) is 6.92 Å². The van der Waals surface area contributed by atoms with Crippen molar-refractivity contribution in [3.05, 3.63) is 47.8 Å². The number of carbonyl (C=O) groups is 2. The van der Waals surface area contributed by atoms with Gasteiger partial charge in [0.05, 0.1) is 21.8 Å². The Morgan fingerprint density at radius 1 is 1.10 bits per heavy atom. The Bertz CT molecular complexity index is 1060. The summed E-state index contributed by atoms with van der Waals surface area (Å²) in [5, 5.41) is 3.06. The summed E-state index contributed by atoms with van der Waals surface area (Å²) >= 11 is 0. The average Bonchev–Trinajstić information content (AvgIpc) is 2.70. The third kappa shape index (κ3) is 5.51. The SMILES string of the molecule is Cc1ccc(S(=O)(=O)CC2(Nc3ncc(C(=O)NNC(=O)C(F)F)cn3)CCC2)cc1. The topological polar surface area (TPSA) is 130 Å². The highest BCUT2D eigenvalue weighted by atomic mass is 32.2. The Labute approximate surface area is 177 Å². The van der Waals surface area contributed by atoms with Crippen molar-refractivity contribution in [3.63, 3.8) is 0 Å². The molecular formula is C19H21F2N5O4S. The molecule has 0 bridgehead atoms. The second-order valence-corrected chi connectivity index (χ2v) is 9.36. The third-order valence-corrected chi connectivity index (χ3v) is 6.87. The number of amides is 2. The molecule has 0 aliphatic heterocycles. The second kappa shape index (κ2) is 8.92. The largest absolute Gasteiger partial charge is 0.348 e. The molecule has 3 rings (SSSR count). The fourth-order valence-electron chi connectivity index (χ4n) is 3.09. The molecule has 0 saturated heterocycles. The van der Waals surface area contributed by atoms with Crippen molar-refractivity contribution >= 4 is 27.6 Å². The van der Waals surface area contributed by atoms with Crippen LogP contribution in [0.3, 0.4) is 0 Å². The van der Waals surface area contributed by atoms with Crippen LogP contribution in [0.4, 0.5) is 14.7 Å². The summed E-state index contributed by atoms with van der Waals surface area (Å²) in [6, 6.07) is 6.64. The van der Waals surface area contributed by atoms with Crippen molar-refractivity contribution in [2.45, 2.75) is 43.0 Å². The fourth-order valence-corrected chi connectivity index (χ4v) is 4.90. The summed E-state index contributed by atoms with van der Waals surface area (Å²) in [7, 11) is -3.54. The summed E-state index contributed by atoms with van der Waals surface area (Å²) in [5.41, 5.74) is 3.56. The lowest BCUT2D eigenvalue weighted by atomic mass is 9.78. The van der Waals surface area contributed by atoms with E-state index in [0.717, 1.165) is 24.4 Å². The maximum Gasteiger partial charge on any atom is 0.317 e. The number of hydrogen-bond donors (Lipinski definition) is 3. The molecule has 1 heterocycles. The molecule has 0 spiro atoms. The van der Waals surface area contributed by atoms with Gasteiger partial charge in [-0.1, -0.05) is 17.7 Å². The van der Waals surface area contributed by atoms with E-state index in [1.165, 1.54) is 0 Å². The molecule has 0 unspecified atom stereocenters.